The predicted molar refractivity (Wildman–Crippen MR) is 55.1 cm³/mol. The molecular formula is C10H10N4O2. The SMILES string of the molecule is Cc1nnnn1Cc1ccc(C(=O)O)cc1. The molecule has 0 fully saturated rings. The average molecular weight is 218 g/mol. The number of benzene rings is 1. The fourth-order valence-electron chi connectivity index (χ4n) is 1.32. The second-order valence-electron chi connectivity index (χ2n) is 3.39. The minimum atomic E-state index is -0.926. The lowest BCUT2D eigenvalue weighted by Crippen LogP contribution is -2.04. The van der Waals surface area contributed by atoms with Crippen LogP contribution in [-0.4, -0.2) is 31.3 Å². The Balaban J connectivity index is 2.17. The van der Waals surface area contributed by atoms with Crippen LogP contribution in [0.15, 0.2) is 24.3 Å². The van der Waals surface area contributed by atoms with E-state index in [9.17, 15) is 4.79 Å². The molecule has 1 heterocycles. The molecule has 0 saturated carbocycles. The van der Waals surface area contributed by atoms with Crippen molar-refractivity contribution < 1.29 is 9.90 Å². The van der Waals surface area contributed by atoms with E-state index in [4.69, 9.17) is 5.11 Å². The van der Waals surface area contributed by atoms with Gasteiger partial charge in [-0.15, -0.1) is 5.10 Å². The van der Waals surface area contributed by atoms with Gasteiger partial charge in [-0.25, -0.2) is 9.48 Å². The van der Waals surface area contributed by atoms with Crippen molar-refractivity contribution in [2.24, 2.45) is 0 Å². The van der Waals surface area contributed by atoms with Gasteiger partial charge < -0.3 is 5.11 Å². The summed E-state index contributed by atoms with van der Waals surface area (Å²) >= 11 is 0. The molecule has 0 unspecified atom stereocenters. The summed E-state index contributed by atoms with van der Waals surface area (Å²) in [6, 6.07) is 6.64. The Morgan fingerprint density at radius 3 is 2.56 bits per heavy atom. The highest BCUT2D eigenvalue weighted by molar-refractivity contribution is 5.87. The van der Waals surface area contributed by atoms with E-state index in [1.807, 2.05) is 6.92 Å². The summed E-state index contributed by atoms with van der Waals surface area (Å²) < 4.78 is 1.65. The summed E-state index contributed by atoms with van der Waals surface area (Å²) in [6.45, 7) is 2.35. The van der Waals surface area contributed by atoms with Crippen LogP contribution >= 0.6 is 0 Å². The molecule has 0 aliphatic rings. The molecular weight excluding hydrogens is 208 g/mol. The molecule has 0 aliphatic heterocycles. The second kappa shape index (κ2) is 4.09. The number of aryl methyl sites for hydroxylation is 1. The van der Waals surface area contributed by atoms with Crippen molar-refractivity contribution in [1.82, 2.24) is 20.2 Å². The van der Waals surface area contributed by atoms with Crippen LogP contribution in [0.4, 0.5) is 0 Å². The van der Waals surface area contributed by atoms with Crippen molar-refractivity contribution >= 4 is 5.97 Å². The van der Waals surface area contributed by atoms with E-state index >= 15 is 0 Å². The number of rotatable bonds is 3. The maximum atomic E-state index is 10.6. The summed E-state index contributed by atoms with van der Waals surface area (Å²) in [4.78, 5) is 10.6. The van der Waals surface area contributed by atoms with E-state index in [0.29, 0.717) is 6.54 Å². The second-order valence-corrected chi connectivity index (χ2v) is 3.39. The molecule has 0 bridgehead atoms. The molecule has 6 nitrogen and oxygen atoms in total. The fourth-order valence-corrected chi connectivity index (χ4v) is 1.32. The Labute approximate surface area is 91.5 Å². The van der Waals surface area contributed by atoms with Gasteiger partial charge in [0.15, 0.2) is 0 Å². The Morgan fingerprint density at radius 2 is 2.06 bits per heavy atom. The Morgan fingerprint density at radius 1 is 1.38 bits per heavy atom. The molecule has 6 heteroatoms. The number of aromatic nitrogens is 4. The molecule has 0 saturated heterocycles. The van der Waals surface area contributed by atoms with Gasteiger partial charge in [0.25, 0.3) is 0 Å². The van der Waals surface area contributed by atoms with E-state index in [1.54, 1.807) is 28.9 Å². The molecule has 0 aliphatic carbocycles. The highest BCUT2D eigenvalue weighted by atomic mass is 16.4. The molecule has 1 aromatic heterocycles. The Bertz CT molecular complexity index is 504. The van der Waals surface area contributed by atoms with E-state index in [0.717, 1.165) is 11.4 Å². The Hall–Kier alpha value is -2.24. The largest absolute Gasteiger partial charge is 0.478 e. The number of hydrogen-bond donors (Lipinski definition) is 1. The van der Waals surface area contributed by atoms with Gasteiger partial charge in [0.05, 0.1) is 12.1 Å². The number of aromatic carboxylic acids is 1. The molecule has 1 N–H and O–H groups in total. The van der Waals surface area contributed by atoms with Crippen molar-refractivity contribution in [3.05, 3.63) is 41.2 Å². The molecule has 0 radical (unpaired) electrons. The molecule has 0 atom stereocenters. The van der Waals surface area contributed by atoms with Crippen LogP contribution in [0.5, 0.6) is 0 Å². The first kappa shape index (κ1) is 10.3. The van der Waals surface area contributed by atoms with Crippen LogP contribution in [0.25, 0.3) is 0 Å². The van der Waals surface area contributed by atoms with Gasteiger partial charge in [0.2, 0.25) is 0 Å². The molecule has 16 heavy (non-hydrogen) atoms. The van der Waals surface area contributed by atoms with Crippen LogP contribution in [0.3, 0.4) is 0 Å². The third-order valence-corrected chi connectivity index (χ3v) is 2.24. The number of carboxylic acids is 1. The summed E-state index contributed by atoms with van der Waals surface area (Å²) in [7, 11) is 0. The van der Waals surface area contributed by atoms with Crippen LogP contribution in [-0.2, 0) is 6.54 Å². The fraction of sp³-hybridized carbons (Fsp3) is 0.200. The third kappa shape index (κ3) is 2.05. The highest BCUT2D eigenvalue weighted by Gasteiger charge is 2.04. The number of carboxylic acid groups (broad SMARTS) is 1. The smallest absolute Gasteiger partial charge is 0.335 e. The highest BCUT2D eigenvalue weighted by Crippen LogP contribution is 2.06. The number of tetrazole rings is 1. The number of carbonyl (C=O) groups is 1. The lowest BCUT2D eigenvalue weighted by atomic mass is 10.1. The van der Waals surface area contributed by atoms with Crippen molar-refractivity contribution in [1.29, 1.82) is 0 Å². The minimum Gasteiger partial charge on any atom is -0.478 e. The molecule has 2 rings (SSSR count). The van der Waals surface area contributed by atoms with Gasteiger partial charge in [-0.05, 0) is 35.0 Å². The molecule has 0 spiro atoms. The summed E-state index contributed by atoms with van der Waals surface area (Å²) in [5.41, 5.74) is 1.23. The van der Waals surface area contributed by atoms with E-state index < -0.39 is 5.97 Å². The molecule has 2 aromatic rings. The third-order valence-electron chi connectivity index (χ3n) is 2.24. The van der Waals surface area contributed by atoms with Crippen molar-refractivity contribution in [3.63, 3.8) is 0 Å². The quantitative estimate of drug-likeness (QED) is 0.821. The van der Waals surface area contributed by atoms with Gasteiger partial charge in [0, 0.05) is 0 Å². The number of hydrogen-bond acceptors (Lipinski definition) is 4. The van der Waals surface area contributed by atoms with Gasteiger partial charge in [-0.2, -0.15) is 0 Å². The first-order valence-electron chi connectivity index (χ1n) is 4.72. The molecule has 0 amide bonds. The minimum absolute atomic E-state index is 0.275. The predicted octanol–water partition coefficient (Wildman–Crippen LogP) is 0.728. The average Bonchev–Trinajstić information content (AvgIpc) is 2.65. The summed E-state index contributed by atoms with van der Waals surface area (Å²) in [6.07, 6.45) is 0. The van der Waals surface area contributed by atoms with Gasteiger partial charge in [-0.3, -0.25) is 0 Å². The van der Waals surface area contributed by atoms with E-state index in [-0.39, 0.29) is 5.56 Å². The maximum absolute atomic E-state index is 10.6. The standard InChI is InChI=1S/C10H10N4O2/c1-7-11-12-13-14(7)6-8-2-4-9(5-3-8)10(15)16/h2-5H,6H2,1H3,(H,15,16). The van der Waals surface area contributed by atoms with Crippen LogP contribution in [0.1, 0.15) is 21.7 Å². The first-order chi connectivity index (χ1) is 7.66. The van der Waals surface area contributed by atoms with Crippen LogP contribution in [0, 0.1) is 6.92 Å². The Kier molecular flexibility index (Phi) is 2.63. The van der Waals surface area contributed by atoms with Gasteiger partial charge in [0.1, 0.15) is 5.82 Å². The lowest BCUT2D eigenvalue weighted by molar-refractivity contribution is 0.0697. The van der Waals surface area contributed by atoms with Crippen LogP contribution < -0.4 is 0 Å². The molecule has 82 valence electrons. The zero-order chi connectivity index (χ0) is 11.5. The van der Waals surface area contributed by atoms with Gasteiger partial charge in [-0.1, -0.05) is 12.1 Å². The van der Waals surface area contributed by atoms with Gasteiger partial charge >= 0.3 is 5.97 Å². The van der Waals surface area contributed by atoms with Crippen molar-refractivity contribution in [3.8, 4) is 0 Å². The summed E-state index contributed by atoms with van der Waals surface area (Å²) in [5.74, 6) is -0.201. The first-order valence-corrected chi connectivity index (χ1v) is 4.72. The van der Waals surface area contributed by atoms with Crippen LogP contribution in [0.2, 0.25) is 0 Å². The topological polar surface area (TPSA) is 80.9 Å². The lowest BCUT2D eigenvalue weighted by Gasteiger charge is -2.02. The van der Waals surface area contributed by atoms with Crippen molar-refractivity contribution in [2.75, 3.05) is 0 Å². The zero-order valence-corrected chi connectivity index (χ0v) is 8.66. The van der Waals surface area contributed by atoms with E-state index in [1.165, 1.54) is 0 Å². The maximum Gasteiger partial charge on any atom is 0.335 e. The van der Waals surface area contributed by atoms with E-state index in [2.05, 4.69) is 15.5 Å². The molecule has 1 aromatic carbocycles. The zero-order valence-electron chi connectivity index (χ0n) is 8.66. The summed E-state index contributed by atoms with van der Waals surface area (Å²) in [5, 5.41) is 19.8. The van der Waals surface area contributed by atoms with Crippen molar-refractivity contribution in [2.45, 2.75) is 13.5 Å². The number of nitrogens with zero attached hydrogens (tertiary/aromatic N) is 4. The monoisotopic (exact) mass is 218 g/mol. The normalized spacial score (nSPS) is 10.3.